The first-order valence-electron chi connectivity index (χ1n) is 6.22. The van der Waals surface area contributed by atoms with E-state index in [2.05, 4.69) is 13.8 Å². The van der Waals surface area contributed by atoms with Gasteiger partial charge in [0.05, 0.1) is 10.6 Å². The summed E-state index contributed by atoms with van der Waals surface area (Å²) in [5.41, 5.74) is 0.000432. The minimum atomic E-state index is -0.543. The second-order valence-corrected chi connectivity index (χ2v) is 5.66. The molecule has 2 rings (SSSR count). The predicted molar refractivity (Wildman–Crippen MR) is 70.3 cm³/mol. The summed E-state index contributed by atoms with van der Waals surface area (Å²) in [6.07, 6.45) is 1.11. The Hall–Kier alpha value is -1.09. The fraction of sp³-hybridized carbons (Fsp3) is 0.500. The zero-order valence-corrected chi connectivity index (χ0v) is 11.4. The van der Waals surface area contributed by atoms with E-state index in [1.165, 1.54) is 12.1 Å². The van der Waals surface area contributed by atoms with E-state index in [1.54, 1.807) is 11.0 Å². The number of likely N-dealkylation sites (tertiary alicyclic amines) is 1. The molecule has 0 bridgehead atoms. The summed E-state index contributed by atoms with van der Waals surface area (Å²) in [6, 6.07) is 4.33. The molecule has 1 saturated heterocycles. The van der Waals surface area contributed by atoms with Gasteiger partial charge in [-0.05, 0) is 30.4 Å². The van der Waals surface area contributed by atoms with Gasteiger partial charge in [-0.15, -0.1) is 0 Å². The van der Waals surface area contributed by atoms with Gasteiger partial charge in [0.25, 0.3) is 5.91 Å². The van der Waals surface area contributed by atoms with E-state index in [0.29, 0.717) is 24.9 Å². The van der Waals surface area contributed by atoms with Crippen LogP contribution in [0.25, 0.3) is 0 Å². The summed E-state index contributed by atoms with van der Waals surface area (Å²) in [5, 5.41) is 0.186. The molecule has 1 aromatic rings. The number of hydrogen-bond donors (Lipinski definition) is 0. The number of rotatable bonds is 1. The Labute approximate surface area is 112 Å². The van der Waals surface area contributed by atoms with Crippen molar-refractivity contribution in [3.63, 3.8) is 0 Å². The molecule has 1 heterocycles. The van der Waals surface area contributed by atoms with E-state index in [9.17, 15) is 9.18 Å². The van der Waals surface area contributed by atoms with Crippen molar-refractivity contribution in [3.05, 3.63) is 34.6 Å². The highest BCUT2D eigenvalue weighted by molar-refractivity contribution is 6.33. The van der Waals surface area contributed by atoms with Crippen molar-refractivity contribution in [2.24, 2.45) is 11.8 Å². The Morgan fingerprint density at radius 1 is 1.33 bits per heavy atom. The van der Waals surface area contributed by atoms with Gasteiger partial charge in [-0.2, -0.15) is 0 Å². The van der Waals surface area contributed by atoms with Gasteiger partial charge in [-0.3, -0.25) is 4.79 Å². The lowest BCUT2D eigenvalue weighted by molar-refractivity contribution is 0.0618. The van der Waals surface area contributed by atoms with Gasteiger partial charge >= 0.3 is 0 Å². The van der Waals surface area contributed by atoms with Crippen molar-refractivity contribution in [2.45, 2.75) is 20.3 Å². The first-order valence-corrected chi connectivity index (χ1v) is 6.60. The summed E-state index contributed by atoms with van der Waals surface area (Å²) < 4.78 is 13.7. The minimum Gasteiger partial charge on any atom is -0.338 e. The van der Waals surface area contributed by atoms with Gasteiger partial charge in [-0.25, -0.2) is 4.39 Å². The number of carbonyl (C=O) groups is 1. The molecule has 1 aliphatic heterocycles. The van der Waals surface area contributed by atoms with Crippen LogP contribution >= 0.6 is 11.6 Å². The van der Waals surface area contributed by atoms with Crippen LogP contribution in [0.3, 0.4) is 0 Å². The summed E-state index contributed by atoms with van der Waals surface area (Å²) in [5.74, 6) is 0.0568. The third kappa shape index (κ3) is 2.66. The van der Waals surface area contributed by atoms with Crippen LogP contribution < -0.4 is 0 Å². The highest BCUT2D eigenvalue weighted by Crippen LogP contribution is 2.26. The van der Waals surface area contributed by atoms with Crippen molar-refractivity contribution in [1.82, 2.24) is 4.90 Å². The zero-order valence-electron chi connectivity index (χ0n) is 10.6. The predicted octanol–water partition coefficient (Wildman–Crippen LogP) is 3.60. The van der Waals surface area contributed by atoms with Gasteiger partial charge in [0.15, 0.2) is 0 Å². The molecule has 0 spiro atoms. The number of halogens is 2. The molecule has 0 N–H and O–H groups in total. The summed E-state index contributed by atoms with van der Waals surface area (Å²) in [4.78, 5) is 14.0. The lowest BCUT2D eigenvalue weighted by Gasteiger charge is -2.35. The van der Waals surface area contributed by atoms with E-state index in [-0.39, 0.29) is 16.5 Å². The number of amides is 1. The van der Waals surface area contributed by atoms with Crippen molar-refractivity contribution in [3.8, 4) is 0 Å². The van der Waals surface area contributed by atoms with Crippen LogP contribution in [0.1, 0.15) is 30.6 Å². The molecule has 0 unspecified atom stereocenters. The molecule has 0 aromatic heterocycles. The molecule has 98 valence electrons. The molecule has 0 saturated carbocycles. The number of nitrogens with zero attached hydrogens (tertiary/aromatic N) is 1. The lowest BCUT2D eigenvalue weighted by atomic mass is 9.91. The monoisotopic (exact) mass is 269 g/mol. The van der Waals surface area contributed by atoms with Gasteiger partial charge < -0.3 is 4.90 Å². The molecule has 1 amide bonds. The van der Waals surface area contributed by atoms with E-state index in [1.807, 2.05) is 0 Å². The standard InChI is InChI=1S/C14H17ClFNO/c1-9-6-10(2)8-17(7-9)14(18)13-11(15)4-3-5-12(13)16/h3-5,9-10H,6-8H2,1-2H3/t9-,10-/m1/s1. The average molecular weight is 270 g/mol. The van der Waals surface area contributed by atoms with Crippen LogP contribution in [0.2, 0.25) is 5.02 Å². The fourth-order valence-corrected chi connectivity index (χ4v) is 2.93. The Balaban J connectivity index is 2.26. The summed E-state index contributed by atoms with van der Waals surface area (Å²) in [6.45, 7) is 5.57. The van der Waals surface area contributed by atoms with Crippen molar-refractivity contribution < 1.29 is 9.18 Å². The molecule has 1 fully saturated rings. The van der Waals surface area contributed by atoms with Crippen LogP contribution in [0.5, 0.6) is 0 Å². The Morgan fingerprint density at radius 3 is 2.50 bits per heavy atom. The maximum absolute atomic E-state index is 13.7. The third-order valence-corrected chi connectivity index (χ3v) is 3.65. The third-order valence-electron chi connectivity index (χ3n) is 3.33. The number of benzene rings is 1. The van der Waals surface area contributed by atoms with E-state index >= 15 is 0 Å². The SMILES string of the molecule is C[C@@H]1C[C@@H](C)CN(C(=O)c2c(F)cccc2Cl)C1. The van der Waals surface area contributed by atoms with Crippen LogP contribution in [-0.4, -0.2) is 23.9 Å². The summed E-state index contributed by atoms with van der Waals surface area (Å²) >= 11 is 5.93. The van der Waals surface area contributed by atoms with E-state index < -0.39 is 5.82 Å². The molecule has 0 aliphatic carbocycles. The molecule has 1 aliphatic rings. The van der Waals surface area contributed by atoms with Crippen molar-refractivity contribution in [1.29, 1.82) is 0 Å². The number of hydrogen-bond acceptors (Lipinski definition) is 1. The Morgan fingerprint density at radius 2 is 1.94 bits per heavy atom. The van der Waals surface area contributed by atoms with Crippen LogP contribution in [-0.2, 0) is 0 Å². The normalized spacial score (nSPS) is 24.1. The largest absolute Gasteiger partial charge is 0.338 e. The highest BCUT2D eigenvalue weighted by atomic mass is 35.5. The van der Waals surface area contributed by atoms with Gasteiger partial charge in [0, 0.05) is 13.1 Å². The zero-order chi connectivity index (χ0) is 13.3. The first-order chi connectivity index (χ1) is 8.49. The fourth-order valence-electron chi connectivity index (χ4n) is 2.69. The molecule has 1 aromatic carbocycles. The molecule has 4 heteroatoms. The first kappa shape index (κ1) is 13.3. The van der Waals surface area contributed by atoms with E-state index in [0.717, 1.165) is 6.42 Å². The number of carbonyl (C=O) groups excluding carboxylic acids is 1. The quantitative estimate of drug-likeness (QED) is 0.763. The van der Waals surface area contributed by atoms with Crippen molar-refractivity contribution >= 4 is 17.5 Å². The lowest BCUT2D eigenvalue weighted by Crippen LogP contribution is -2.43. The average Bonchev–Trinajstić information content (AvgIpc) is 2.27. The van der Waals surface area contributed by atoms with Crippen LogP contribution in [0, 0.1) is 17.7 Å². The van der Waals surface area contributed by atoms with Crippen LogP contribution in [0.15, 0.2) is 18.2 Å². The topological polar surface area (TPSA) is 20.3 Å². The maximum Gasteiger partial charge on any atom is 0.258 e. The second kappa shape index (κ2) is 5.27. The van der Waals surface area contributed by atoms with Crippen molar-refractivity contribution in [2.75, 3.05) is 13.1 Å². The van der Waals surface area contributed by atoms with E-state index in [4.69, 9.17) is 11.6 Å². The maximum atomic E-state index is 13.7. The summed E-state index contributed by atoms with van der Waals surface area (Å²) in [7, 11) is 0. The smallest absolute Gasteiger partial charge is 0.258 e. The highest BCUT2D eigenvalue weighted by Gasteiger charge is 2.28. The molecular weight excluding hydrogens is 253 g/mol. The molecule has 0 radical (unpaired) electrons. The molecular formula is C14H17ClFNO. The molecule has 2 nitrogen and oxygen atoms in total. The number of piperidine rings is 1. The second-order valence-electron chi connectivity index (χ2n) is 5.25. The Kier molecular flexibility index (Phi) is 3.91. The van der Waals surface area contributed by atoms with Gasteiger partial charge in [0.2, 0.25) is 0 Å². The molecule has 2 atom stereocenters. The van der Waals surface area contributed by atoms with Crippen LogP contribution in [0.4, 0.5) is 4.39 Å². The van der Waals surface area contributed by atoms with Gasteiger partial charge in [-0.1, -0.05) is 31.5 Å². The van der Waals surface area contributed by atoms with Gasteiger partial charge in [0.1, 0.15) is 5.82 Å². The Bertz CT molecular complexity index is 433. The molecule has 18 heavy (non-hydrogen) atoms. The minimum absolute atomic E-state index is 0.000432.